The lowest BCUT2D eigenvalue weighted by Gasteiger charge is -2.26. The first kappa shape index (κ1) is 16.1. The van der Waals surface area contributed by atoms with E-state index in [-0.39, 0.29) is 6.09 Å². The van der Waals surface area contributed by atoms with Crippen molar-refractivity contribution < 1.29 is 9.53 Å². The van der Waals surface area contributed by atoms with E-state index in [9.17, 15) is 4.79 Å². The third-order valence-electron chi connectivity index (χ3n) is 1.70. The average molecular weight is 302 g/mol. The zero-order chi connectivity index (χ0) is 13.5. The Kier molecular flexibility index (Phi) is 6.98. The number of rotatable bonds is 4. The molecule has 96 valence electrons. The second-order valence-electron chi connectivity index (χ2n) is 4.60. The molecule has 3 nitrogen and oxygen atoms in total. The van der Waals surface area contributed by atoms with Gasteiger partial charge in [0.15, 0.2) is 0 Å². The van der Waals surface area contributed by atoms with E-state index in [4.69, 9.17) is 4.74 Å². The van der Waals surface area contributed by atoms with Crippen LogP contribution in [0.3, 0.4) is 0 Å². The summed E-state index contributed by atoms with van der Waals surface area (Å²) >= 11 is 3.25. The van der Waals surface area contributed by atoms with Gasteiger partial charge in [-0.25, -0.2) is 4.79 Å². The molecule has 0 spiro atoms. The molecule has 0 aliphatic carbocycles. The Hall–Kier alpha value is -0.950. The van der Waals surface area contributed by atoms with Crippen LogP contribution < -0.4 is 0 Å². The van der Waals surface area contributed by atoms with Crippen LogP contribution in [0, 0.1) is 11.8 Å². The normalized spacial score (nSPS) is 10.2. The minimum absolute atomic E-state index is 0.337. The summed E-state index contributed by atoms with van der Waals surface area (Å²) in [6.45, 7) is 12.0. The van der Waals surface area contributed by atoms with Crippen molar-refractivity contribution in [2.75, 3.05) is 13.1 Å². The predicted molar refractivity (Wildman–Crippen MR) is 73.9 cm³/mol. The number of hydrogen-bond acceptors (Lipinski definition) is 2. The molecule has 0 saturated carbocycles. The van der Waals surface area contributed by atoms with Gasteiger partial charge in [0.2, 0.25) is 0 Å². The average Bonchev–Trinajstić information content (AvgIpc) is 2.13. The van der Waals surface area contributed by atoms with Crippen LogP contribution >= 0.6 is 15.9 Å². The van der Waals surface area contributed by atoms with Gasteiger partial charge in [-0.3, -0.25) is 0 Å². The number of halogens is 1. The molecule has 0 aliphatic heterocycles. The van der Waals surface area contributed by atoms with Crippen LogP contribution in [-0.4, -0.2) is 29.7 Å². The molecule has 17 heavy (non-hydrogen) atoms. The fourth-order valence-corrected chi connectivity index (χ4v) is 1.39. The van der Waals surface area contributed by atoms with Crippen molar-refractivity contribution >= 4 is 22.0 Å². The summed E-state index contributed by atoms with van der Waals surface area (Å²) in [7, 11) is 0. The first-order chi connectivity index (χ1) is 7.76. The molecule has 0 radical (unpaired) electrons. The van der Waals surface area contributed by atoms with Gasteiger partial charge in [0.1, 0.15) is 5.60 Å². The molecule has 0 fully saturated rings. The highest BCUT2D eigenvalue weighted by Gasteiger charge is 2.21. The minimum atomic E-state index is -0.487. The maximum atomic E-state index is 11.9. The van der Waals surface area contributed by atoms with E-state index >= 15 is 0 Å². The van der Waals surface area contributed by atoms with Crippen molar-refractivity contribution in [2.45, 2.75) is 39.7 Å². The molecule has 0 aromatic carbocycles. The molecule has 0 unspecified atom stereocenters. The van der Waals surface area contributed by atoms with E-state index in [1.54, 1.807) is 11.8 Å². The highest BCUT2D eigenvalue weighted by molar-refractivity contribution is 9.11. The van der Waals surface area contributed by atoms with Gasteiger partial charge >= 0.3 is 6.09 Å². The molecule has 0 aliphatic rings. The van der Waals surface area contributed by atoms with E-state index < -0.39 is 5.60 Å². The van der Waals surface area contributed by atoms with Crippen molar-refractivity contribution in [1.29, 1.82) is 0 Å². The molecule has 4 heteroatoms. The van der Waals surface area contributed by atoms with Gasteiger partial charge in [0.25, 0.3) is 0 Å². The molecular weight excluding hydrogens is 282 g/mol. The van der Waals surface area contributed by atoms with Crippen LogP contribution in [0.15, 0.2) is 11.1 Å². The van der Waals surface area contributed by atoms with Gasteiger partial charge in [-0.05, 0) is 27.7 Å². The molecule has 1 amide bonds. The van der Waals surface area contributed by atoms with E-state index in [0.717, 1.165) is 4.48 Å². The van der Waals surface area contributed by atoms with Crippen LogP contribution in [0.4, 0.5) is 4.79 Å². The monoisotopic (exact) mass is 301 g/mol. The van der Waals surface area contributed by atoms with Crippen LogP contribution in [0.25, 0.3) is 0 Å². The number of carbonyl (C=O) groups is 1. The lowest BCUT2D eigenvalue weighted by atomic mass is 10.2. The Bertz CT molecular complexity index is 334. The van der Waals surface area contributed by atoms with Crippen molar-refractivity contribution in [1.82, 2.24) is 4.90 Å². The standard InChI is InChI=1S/C13H20BrNO2/c1-6-7-8-9-15(10-11(2)14)12(16)17-13(3,4)5/h2,8-10H2,1,3-5H3. The summed E-state index contributed by atoms with van der Waals surface area (Å²) < 4.78 is 6.05. The highest BCUT2D eigenvalue weighted by atomic mass is 79.9. The summed E-state index contributed by atoms with van der Waals surface area (Å²) in [5.74, 6) is 5.73. The Labute approximate surface area is 112 Å². The Morgan fingerprint density at radius 1 is 1.47 bits per heavy atom. The Morgan fingerprint density at radius 3 is 2.47 bits per heavy atom. The maximum absolute atomic E-state index is 11.9. The summed E-state index contributed by atoms with van der Waals surface area (Å²) in [4.78, 5) is 13.5. The molecule has 0 aromatic rings. The van der Waals surface area contributed by atoms with E-state index in [1.165, 1.54) is 0 Å². The van der Waals surface area contributed by atoms with Crippen molar-refractivity contribution in [2.24, 2.45) is 0 Å². The number of carbonyl (C=O) groups excluding carboxylic acids is 1. The highest BCUT2D eigenvalue weighted by Crippen LogP contribution is 2.12. The predicted octanol–water partition coefficient (Wildman–Crippen LogP) is 3.55. The van der Waals surface area contributed by atoms with Gasteiger partial charge in [0.05, 0.1) is 6.54 Å². The van der Waals surface area contributed by atoms with E-state index in [0.29, 0.717) is 19.5 Å². The van der Waals surface area contributed by atoms with Gasteiger partial charge in [-0.1, -0.05) is 22.5 Å². The largest absolute Gasteiger partial charge is 0.444 e. The third-order valence-corrected chi connectivity index (χ3v) is 1.95. The lowest BCUT2D eigenvalue weighted by Crippen LogP contribution is -2.38. The van der Waals surface area contributed by atoms with Crippen LogP contribution in [0.1, 0.15) is 34.1 Å². The van der Waals surface area contributed by atoms with Crippen LogP contribution in [-0.2, 0) is 4.74 Å². The number of ether oxygens (including phenoxy) is 1. The fourth-order valence-electron chi connectivity index (χ4n) is 1.08. The minimum Gasteiger partial charge on any atom is -0.444 e. The van der Waals surface area contributed by atoms with Gasteiger partial charge in [0, 0.05) is 17.4 Å². The van der Waals surface area contributed by atoms with Crippen molar-refractivity contribution in [3.05, 3.63) is 11.1 Å². The molecule has 0 saturated heterocycles. The van der Waals surface area contributed by atoms with Gasteiger partial charge in [-0.15, -0.1) is 11.8 Å². The van der Waals surface area contributed by atoms with Crippen molar-refractivity contribution in [3.8, 4) is 11.8 Å². The van der Waals surface area contributed by atoms with Crippen molar-refractivity contribution in [3.63, 3.8) is 0 Å². The topological polar surface area (TPSA) is 29.5 Å². The third kappa shape index (κ3) is 8.82. The fraction of sp³-hybridized carbons (Fsp3) is 0.615. The summed E-state index contributed by atoms with van der Waals surface area (Å²) in [6.07, 6.45) is 0.298. The molecule has 0 rings (SSSR count). The zero-order valence-electron chi connectivity index (χ0n) is 11.0. The van der Waals surface area contributed by atoms with E-state index in [2.05, 4.69) is 34.3 Å². The van der Waals surface area contributed by atoms with Gasteiger partial charge < -0.3 is 9.64 Å². The van der Waals surface area contributed by atoms with Crippen LogP contribution in [0.2, 0.25) is 0 Å². The second kappa shape index (κ2) is 7.39. The number of nitrogens with zero attached hydrogens (tertiary/aromatic N) is 1. The first-order valence-corrected chi connectivity index (χ1v) is 6.26. The molecule has 0 N–H and O–H groups in total. The summed E-state index contributed by atoms with van der Waals surface area (Å²) in [5, 5.41) is 0. The second-order valence-corrected chi connectivity index (χ2v) is 5.72. The number of hydrogen-bond donors (Lipinski definition) is 0. The summed E-state index contributed by atoms with van der Waals surface area (Å²) in [6, 6.07) is 0. The maximum Gasteiger partial charge on any atom is 0.410 e. The smallest absolute Gasteiger partial charge is 0.410 e. The molecular formula is C13H20BrNO2. The molecule has 0 atom stereocenters. The van der Waals surface area contributed by atoms with Crippen LogP contribution in [0.5, 0.6) is 0 Å². The molecule has 0 bridgehead atoms. The van der Waals surface area contributed by atoms with Gasteiger partial charge in [-0.2, -0.15) is 0 Å². The molecule has 0 heterocycles. The number of amides is 1. The SMILES string of the molecule is C=C(Br)CN(CCC#CC)C(=O)OC(C)(C)C. The Balaban J connectivity index is 4.48. The first-order valence-electron chi connectivity index (χ1n) is 5.47. The molecule has 0 aromatic heterocycles. The Morgan fingerprint density at radius 2 is 2.06 bits per heavy atom. The quantitative estimate of drug-likeness (QED) is 0.743. The summed E-state index contributed by atoms with van der Waals surface area (Å²) in [5.41, 5.74) is -0.487. The lowest BCUT2D eigenvalue weighted by molar-refractivity contribution is 0.0274. The van der Waals surface area contributed by atoms with E-state index in [1.807, 2.05) is 20.8 Å². The zero-order valence-corrected chi connectivity index (χ0v) is 12.6.